The Bertz CT molecular complexity index is 1050. The minimum absolute atomic E-state index is 0.0753. The van der Waals surface area contributed by atoms with Crippen molar-refractivity contribution in [2.75, 3.05) is 0 Å². The van der Waals surface area contributed by atoms with Gasteiger partial charge in [0, 0.05) is 37.2 Å². The maximum atomic E-state index is 13.2. The first-order valence-corrected chi connectivity index (χ1v) is 10.3. The monoisotopic (exact) mass is 404 g/mol. The van der Waals surface area contributed by atoms with Crippen LogP contribution < -0.4 is 16.4 Å². The molecule has 1 aliphatic carbocycles. The van der Waals surface area contributed by atoms with E-state index in [-0.39, 0.29) is 36.2 Å². The third kappa shape index (κ3) is 3.11. The molecule has 3 atom stereocenters. The summed E-state index contributed by atoms with van der Waals surface area (Å²) < 4.78 is 0. The smallest absolute Gasteiger partial charge is 0.255 e. The molecule has 2 aliphatic heterocycles. The summed E-state index contributed by atoms with van der Waals surface area (Å²) in [6, 6.07) is 13.5. The second-order valence-electron chi connectivity index (χ2n) is 8.27. The Morgan fingerprint density at radius 2 is 1.87 bits per heavy atom. The second-order valence-corrected chi connectivity index (χ2v) is 8.27. The zero-order chi connectivity index (χ0) is 20.8. The standard InChI is InChI=1S/C23H24N4O3/c24-21-16-7-2-1-4-13(16)10-17(21)25-11-14-5-3-6-15-12-27(23(30)20(14)15)18-8-9-19(28)26-22(18)29/h1-7,17-18,21,25H,8-12,24H2,(H,26,28,29)/t17-,18?,21-/m1/s1. The van der Waals surface area contributed by atoms with E-state index < -0.39 is 6.04 Å². The second kappa shape index (κ2) is 7.34. The van der Waals surface area contributed by atoms with Crippen LogP contribution in [0.15, 0.2) is 42.5 Å². The number of nitrogens with two attached hydrogens (primary N) is 1. The Balaban J connectivity index is 1.32. The van der Waals surface area contributed by atoms with E-state index in [4.69, 9.17) is 5.73 Å². The average Bonchev–Trinajstić information content (AvgIpc) is 3.24. The van der Waals surface area contributed by atoms with Crippen molar-refractivity contribution in [3.8, 4) is 0 Å². The van der Waals surface area contributed by atoms with Crippen molar-refractivity contribution in [2.24, 2.45) is 5.73 Å². The molecular formula is C23H24N4O3. The maximum Gasteiger partial charge on any atom is 0.255 e. The Hall–Kier alpha value is -3.03. The summed E-state index contributed by atoms with van der Waals surface area (Å²) in [6.07, 6.45) is 1.49. The number of benzene rings is 2. The van der Waals surface area contributed by atoms with Crippen molar-refractivity contribution in [1.29, 1.82) is 0 Å². The molecule has 2 aromatic rings. The van der Waals surface area contributed by atoms with Crippen molar-refractivity contribution in [2.45, 2.75) is 50.5 Å². The summed E-state index contributed by atoms with van der Waals surface area (Å²) in [5, 5.41) is 5.88. The van der Waals surface area contributed by atoms with E-state index in [1.54, 1.807) is 4.90 Å². The Kier molecular flexibility index (Phi) is 4.64. The molecule has 1 fully saturated rings. The third-order valence-electron chi connectivity index (χ3n) is 6.48. The molecule has 0 radical (unpaired) electrons. The number of carbonyl (C=O) groups excluding carboxylic acids is 3. The highest BCUT2D eigenvalue weighted by Crippen LogP contribution is 2.32. The van der Waals surface area contributed by atoms with Crippen LogP contribution in [0.3, 0.4) is 0 Å². The number of nitrogens with zero attached hydrogens (tertiary/aromatic N) is 1. The summed E-state index contributed by atoms with van der Waals surface area (Å²) in [5.41, 5.74) is 11.4. The van der Waals surface area contributed by atoms with Crippen LogP contribution in [-0.4, -0.2) is 34.7 Å². The zero-order valence-corrected chi connectivity index (χ0v) is 16.6. The van der Waals surface area contributed by atoms with Gasteiger partial charge in [0.1, 0.15) is 6.04 Å². The largest absolute Gasteiger partial charge is 0.323 e. The van der Waals surface area contributed by atoms with Crippen molar-refractivity contribution in [3.63, 3.8) is 0 Å². The van der Waals surface area contributed by atoms with Gasteiger partial charge >= 0.3 is 0 Å². The molecule has 0 saturated carbocycles. The van der Waals surface area contributed by atoms with Gasteiger partial charge < -0.3 is 16.0 Å². The topological polar surface area (TPSA) is 105 Å². The number of amides is 3. The van der Waals surface area contributed by atoms with Crippen molar-refractivity contribution in [3.05, 3.63) is 70.3 Å². The molecule has 2 aromatic carbocycles. The maximum absolute atomic E-state index is 13.2. The summed E-state index contributed by atoms with van der Waals surface area (Å²) in [5.74, 6) is -0.808. The Morgan fingerprint density at radius 1 is 1.07 bits per heavy atom. The van der Waals surface area contributed by atoms with E-state index in [1.165, 1.54) is 11.1 Å². The van der Waals surface area contributed by atoms with E-state index >= 15 is 0 Å². The predicted octanol–water partition coefficient (Wildman–Crippen LogP) is 1.16. The molecule has 0 spiro atoms. The van der Waals surface area contributed by atoms with Gasteiger partial charge in [-0.1, -0.05) is 42.5 Å². The van der Waals surface area contributed by atoms with Crippen LogP contribution in [0.25, 0.3) is 0 Å². The van der Waals surface area contributed by atoms with Gasteiger partial charge in [-0.2, -0.15) is 0 Å². The molecule has 30 heavy (non-hydrogen) atoms. The van der Waals surface area contributed by atoms with Gasteiger partial charge in [-0.25, -0.2) is 0 Å². The van der Waals surface area contributed by atoms with Crippen LogP contribution in [0, 0.1) is 0 Å². The fourth-order valence-electron chi connectivity index (χ4n) is 4.90. The van der Waals surface area contributed by atoms with Crippen LogP contribution in [0.4, 0.5) is 0 Å². The fraction of sp³-hybridized carbons (Fsp3) is 0.348. The summed E-state index contributed by atoms with van der Waals surface area (Å²) in [4.78, 5) is 38.5. The summed E-state index contributed by atoms with van der Waals surface area (Å²) in [7, 11) is 0. The molecule has 1 saturated heterocycles. The van der Waals surface area contributed by atoms with Crippen molar-refractivity contribution >= 4 is 17.7 Å². The van der Waals surface area contributed by atoms with E-state index in [0.717, 1.165) is 17.5 Å². The first-order valence-electron chi connectivity index (χ1n) is 10.3. The lowest BCUT2D eigenvalue weighted by atomic mass is 10.0. The van der Waals surface area contributed by atoms with E-state index in [2.05, 4.69) is 22.8 Å². The highest BCUT2D eigenvalue weighted by atomic mass is 16.2. The number of carbonyl (C=O) groups is 3. The van der Waals surface area contributed by atoms with E-state index in [0.29, 0.717) is 25.1 Å². The normalized spacial score (nSPS) is 25.3. The minimum Gasteiger partial charge on any atom is -0.323 e. The number of hydrogen-bond acceptors (Lipinski definition) is 5. The molecule has 7 nitrogen and oxygen atoms in total. The molecule has 154 valence electrons. The third-order valence-corrected chi connectivity index (χ3v) is 6.48. The van der Waals surface area contributed by atoms with Crippen LogP contribution in [-0.2, 0) is 29.1 Å². The summed E-state index contributed by atoms with van der Waals surface area (Å²) in [6.45, 7) is 0.924. The first kappa shape index (κ1) is 19.0. The minimum atomic E-state index is -0.596. The van der Waals surface area contributed by atoms with E-state index in [9.17, 15) is 14.4 Å². The van der Waals surface area contributed by atoms with Crippen LogP contribution in [0.1, 0.15) is 51.5 Å². The molecule has 4 N–H and O–H groups in total. The molecule has 3 amide bonds. The number of nitrogens with one attached hydrogen (secondary N) is 2. The van der Waals surface area contributed by atoms with Gasteiger partial charge in [0.15, 0.2) is 0 Å². The number of hydrogen-bond donors (Lipinski definition) is 3. The SMILES string of the molecule is N[C@@H]1c2ccccc2C[C@H]1NCc1cccc2c1C(=O)N(C1CCC(=O)NC1=O)C2. The van der Waals surface area contributed by atoms with Crippen molar-refractivity contribution in [1.82, 2.24) is 15.5 Å². The van der Waals surface area contributed by atoms with Crippen molar-refractivity contribution < 1.29 is 14.4 Å². The molecule has 3 aliphatic rings. The molecule has 0 aromatic heterocycles. The van der Waals surface area contributed by atoms with Gasteiger partial charge in [0.2, 0.25) is 11.8 Å². The van der Waals surface area contributed by atoms with Gasteiger partial charge in [-0.05, 0) is 35.1 Å². The highest BCUT2D eigenvalue weighted by Gasteiger charge is 2.40. The van der Waals surface area contributed by atoms with Gasteiger partial charge in [-0.3, -0.25) is 19.7 Å². The summed E-state index contributed by atoms with van der Waals surface area (Å²) >= 11 is 0. The van der Waals surface area contributed by atoms with Crippen LogP contribution in [0.5, 0.6) is 0 Å². The molecule has 0 bridgehead atoms. The fourth-order valence-corrected chi connectivity index (χ4v) is 4.90. The van der Waals surface area contributed by atoms with Crippen LogP contribution >= 0.6 is 0 Å². The lowest BCUT2D eigenvalue weighted by molar-refractivity contribution is -0.136. The Morgan fingerprint density at radius 3 is 2.67 bits per heavy atom. The lowest BCUT2D eigenvalue weighted by Gasteiger charge is -2.29. The van der Waals surface area contributed by atoms with Gasteiger partial charge in [0.25, 0.3) is 5.91 Å². The van der Waals surface area contributed by atoms with Gasteiger partial charge in [-0.15, -0.1) is 0 Å². The quantitative estimate of drug-likeness (QED) is 0.664. The number of imide groups is 1. The first-order chi connectivity index (χ1) is 14.5. The number of fused-ring (bicyclic) bond motifs is 2. The molecular weight excluding hydrogens is 380 g/mol. The molecule has 2 heterocycles. The Labute approximate surface area is 174 Å². The zero-order valence-electron chi connectivity index (χ0n) is 16.6. The van der Waals surface area contributed by atoms with Crippen LogP contribution in [0.2, 0.25) is 0 Å². The highest BCUT2D eigenvalue weighted by molar-refractivity contribution is 6.06. The average molecular weight is 404 g/mol. The van der Waals surface area contributed by atoms with Gasteiger partial charge in [0.05, 0.1) is 0 Å². The predicted molar refractivity (Wildman–Crippen MR) is 110 cm³/mol. The molecule has 1 unspecified atom stereocenters. The molecule has 7 heteroatoms. The number of piperidine rings is 1. The number of rotatable bonds is 4. The van der Waals surface area contributed by atoms with E-state index in [1.807, 2.05) is 30.3 Å². The lowest BCUT2D eigenvalue weighted by Crippen LogP contribution is -2.52. The molecule has 5 rings (SSSR count).